The van der Waals surface area contributed by atoms with Gasteiger partial charge in [-0.15, -0.1) is 0 Å². The summed E-state index contributed by atoms with van der Waals surface area (Å²) >= 11 is 0. The number of carbonyl (C=O) groups excluding carboxylic acids is 1. The van der Waals surface area contributed by atoms with Gasteiger partial charge in [0, 0.05) is 13.5 Å². The zero-order valence-electron chi connectivity index (χ0n) is 15.3. The fraction of sp³-hybridized carbons (Fsp3) is 0.533. The minimum absolute atomic E-state index is 0.0672. The van der Waals surface area contributed by atoms with Gasteiger partial charge in [-0.05, 0) is 31.5 Å². The predicted molar refractivity (Wildman–Crippen MR) is 95.3 cm³/mol. The molecule has 1 amide bonds. The molecule has 0 aliphatic rings. The standard InChI is InChI=1S/C15H24FNO8P2/c1-4-23-26(19,24-5-2)15(25-27(20,21)22)11-17(12(3)18)10-13-7-6-8-14(16)9-13/h6-9,15H,4-5,10-11H2,1-3H3,(H2,20,21,22). The van der Waals surface area contributed by atoms with Crippen LogP contribution in [-0.4, -0.2) is 46.2 Å². The molecule has 0 aliphatic carbocycles. The molecule has 1 aromatic rings. The van der Waals surface area contributed by atoms with Crippen molar-refractivity contribution in [3.8, 4) is 0 Å². The van der Waals surface area contributed by atoms with Crippen molar-refractivity contribution in [2.45, 2.75) is 33.2 Å². The van der Waals surface area contributed by atoms with E-state index in [1.54, 1.807) is 6.07 Å². The lowest BCUT2D eigenvalue weighted by Crippen LogP contribution is -2.37. The van der Waals surface area contributed by atoms with Gasteiger partial charge in [0.15, 0.2) is 5.85 Å². The lowest BCUT2D eigenvalue weighted by Gasteiger charge is -2.31. The number of benzene rings is 1. The Bertz CT molecular complexity index is 716. The van der Waals surface area contributed by atoms with Crippen LogP contribution in [0.25, 0.3) is 0 Å². The van der Waals surface area contributed by atoms with Crippen LogP contribution in [-0.2, 0) is 34.0 Å². The molecule has 0 bridgehead atoms. The normalized spacial score (nSPS) is 13.4. The summed E-state index contributed by atoms with van der Waals surface area (Å²) in [5.74, 6) is -2.73. The van der Waals surface area contributed by atoms with E-state index in [9.17, 15) is 18.3 Å². The summed E-state index contributed by atoms with van der Waals surface area (Å²) in [5, 5.41) is 0. The first-order chi connectivity index (χ1) is 12.5. The summed E-state index contributed by atoms with van der Waals surface area (Å²) in [6.45, 7) is 3.54. The van der Waals surface area contributed by atoms with E-state index in [4.69, 9.17) is 18.8 Å². The zero-order chi connectivity index (χ0) is 20.7. The molecule has 1 rings (SSSR count). The zero-order valence-corrected chi connectivity index (χ0v) is 17.1. The summed E-state index contributed by atoms with van der Waals surface area (Å²) in [7, 11) is -9.19. The minimum atomic E-state index is -5.07. The number of phosphoric ester groups is 1. The third-order valence-corrected chi connectivity index (χ3v) is 6.22. The first-order valence-corrected chi connectivity index (χ1v) is 11.3. The van der Waals surface area contributed by atoms with Gasteiger partial charge in [-0.25, -0.2) is 8.96 Å². The van der Waals surface area contributed by atoms with Crippen LogP contribution in [0, 0.1) is 5.82 Å². The van der Waals surface area contributed by atoms with Crippen LogP contribution in [0.5, 0.6) is 0 Å². The fourth-order valence-electron chi connectivity index (χ4n) is 2.26. The van der Waals surface area contributed by atoms with Gasteiger partial charge >= 0.3 is 15.4 Å². The number of phosphoric acid groups is 1. The second-order valence-electron chi connectivity index (χ2n) is 5.46. The van der Waals surface area contributed by atoms with E-state index < -0.39 is 39.5 Å². The third kappa shape index (κ3) is 8.19. The van der Waals surface area contributed by atoms with Crippen LogP contribution in [0.15, 0.2) is 24.3 Å². The molecule has 9 nitrogen and oxygen atoms in total. The molecule has 0 saturated heterocycles. The topological polar surface area (TPSA) is 123 Å². The highest BCUT2D eigenvalue weighted by Gasteiger charge is 2.42. The first kappa shape index (κ1) is 23.9. The number of nitrogens with zero attached hydrogens (tertiary/aromatic N) is 1. The smallest absolute Gasteiger partial charge is 0.335 e. The average molecular weight is 427 g/mol. The van der Waals surface area contributed by atoms with Crippen molar-refractivity contribution in [2.75, 3.05) is 19.8 Å². The van der Waals surface area contributed by atoms with Crippen molar-refractivity contribution >= 4 is 21.3 Å². The summed E-state index contributed by atoms with van der Waals surface area (Å²) in [6, 6.07) is 5.47. The van der Waals surface area contributed by atoms with Crippen molar-refractivity contribution < 1.29 is 41.7 Å². The third-order valence-electron chi connectivity index (χ3n) is 3.31. The molecular weight excluding hydrogens is 403 g/mol. The highest BCUT2D eigenvalue weighted by Crippen LogP contribution is 2.58. The van der Waals surface area contributed by atoms with Crippen LogP contribution in [0.3, 0.4) is 0 Å². The van der Waals surface area contributed by atoms with Crippen molar-refractivity contribution in [2.24, 2.45) is 0 Å². The second-order valence-corrected chi connectivity index (χ2v) is 8.82. The largest absolute Gasteiger partial charge is 0.470 e. The Morgan fingerprint density at radius 1 is 1.22 bits per heavy atom. The highest BCUT2D eigenvalue weighted by atomic mass is 31.2. The molecule has 0 aliphatic heterocycles. The lowest BCUT2D eigenvalue weighted by atomic mass is 10.2. The molecule has 1 aromatic carbocycles. The Hall–Kier alpha value is -1.12. The van der Waals surface area contributed by atoms with Gasteiger partial charge in [-0.2, -0.15) is 0 Å². The van der Waals surface area contributed by atoms with Gasteiger partial charge in [-0.1, -0.05) is 12.1 Å². The van der Waals surface area contributed by atoms with E-state index in [2.05, 4.69) is 4.52 Å². The molecule has 27 heavy (non-hydrogen) atoms. The van der Waals surface area contributed by atoms with Crippen molar-refractivity contribution in [1.82, 2.24) is 4.90 Å². The van der Waals surface area contributed by atoms with Gasteiger partial charge < -0.3 is 23.7 Å². The SMILES string of the molecule is CCOP(=O)(OCC)C(CN(Cc1cccc(F)c1)C(C)=O)OP(=O)(O)O. The van der Waals surface area contributed by atoms with Crippen molar-refractivity contribution in [1.29, 1.82) is 0 Å². The van der Waals surface area contributed by atoms with E-state index in [0.29, 0.717) is 5.56 Å². The molecule has 1 unspecified atom stereocenters. The Labute approximate surface area is 157 Å². The number of rotatable bonds is 11. The van der Waals surface area contributed by atoms with Gasteiger partial charge in [0.2, 0.25) is 5.91 Å². The summed E-state index contributed by atoms with van der Waals surface area (Å²) < 4.78 is 52.5. The number of halogens is 1. The molecular formula is C15H24FNO8P2. The molecule has 154 valence electrons. The van der Waals surface area contributed by atoms with E-state index in [1.807, 2.05) is 0 Å². The predicted octanol–water partition coefficient (Wildman–Crippen LogP) is 2.88. The molecule has 0 fully saturated rings. The van der Waals surface area contributed by atoms with Crippen molar-refractivity contribution in [3.63, 3.8) is 0 Å². The second kappa shape index (κ2) is 10.4. The maximum absolute atomic E-state index is 13.4. The molecule has 0 spiro atoms. The van der Waals surface area contributed by atoms with E-state index >= 15 is 0 Å². The lowest BCUT2D eigenvalue weighted by molar-refractivity contribution is -0.130. The Morgan fingerprint density at radius 3 is 2.26 bits per heavy atom. The van der Waals surface area contributed by atoms with Crippen LogP contribution >= 0.6 is 15.4 Å². The van der Waals surface area contributed by atoms with E-state index in [-0.39, 0.29) is 19.8 Å². The molecule has 0 radical (unpaired) electrons. The molecule has 1 atom stereocenters. The number of hydrogen-bond acceptors (Lipinski definition) is 6. The van der Waals surface area contributed by atoms with Gasteiger partial charge in [0.05, 0.1) is 19.8 Å². The fourth-order valence-corrected chi connectivity index (χ4v) is 5.00. The number of hydrogen-bond donors (Lipinski definition) is 2. The average Bonchev–Trinajstić information content (AvgIpc) is 2.52. The van der Waals surface area contributed by atoms with Crippen LogP contribution in [0.1, 0.15) is 26.3 Å². The minimum Gasteiger partial charge on any atom is -0.335 e. The Kier molecular flexibility index (Phi) is 9.24. The molecule has 0 saturated carbocycles. The highest BCUT2D eigenvalue weighted by molar-refractivity contribution is 7.55. The van der Waals surface area contributed by atoms with E-state index in [1.165, 1.54) is 39.0 Å². The summed E-state index contributed by atoms with van der Waals surface area (Å²) in [5.41, 5.74) is 0.433. The maximum Gasteiger partial charge on any atom is 0.470 e. The van der Waals surface area contributed by atoms with Gasteiger partial charge in [-0.3, -0.25) is 13.9 Å². The first-order valence-electron chi connectivity index (χ1n) is 8.13. The molecule has 12 heteroatoms. The monoisotopic (exact) mass is 427 g/mol. The van der Waals surface area contributed by atoms with Gasteiger partial charge in [0.25, 0.3) is 0 Å². The van der Waals surface area contributed by atoms with Gasteiger partial charge in [0.1, 0.15) is 5.82 Å². The summed E-state index contributed by atoms with van der Waals surface area (Å²) in [4.78, 5) is 31.4. The maximum atomic E-state index is 13.4. The summed E-state index contributed by atoms with van der Waals surface area (Å²) in [6.07, 6.45) is 0. The molecule has 0 aromatic heterocycles. The quantitative estimate of drug-likeness (QED) is 0.517. The van der Waals surface area contributed by atoms with E-state index in [0.717, 1.165) is 4.90 Å². The Balaban J connectivity index is 3.16. The molecule has 0 heterocycles. The number of carbonyl (C=O) groups is 1. The van der Waals surface area contributed by atoms with Crippen LogP contribution in [0.2, 0.25) is 0 Å². The van der Waals surface area contributed by atoms with Crippen LogP contribution in [0.4, 0.5) is 4.39 Å². The van der Waals surface area contributed by atoms with Crippen LogP contribution < -0.4 is 0 Å². The number of amides is 1. The van der Waals surface area contributed by atoms with Crippen molar-refractivity contribution in [3.05, 3.63) is 35.6 Å². The molecule has 2 N–H and O–H groups in total. The Morgan fingerprint density at radius 2 is 1.81 bits per heavy atom.